The van der Waals surface area contributed by atoms with Crippen molar-refractivity contribution in [3.8, 4) is 11.5 Å². The minimum Gasteiger partial charge on any atom is -0.493 e. The van der Waals surface area contributed by atoms with E-state index in [0.717, 1.165) is 5.56 Å². The molecule has 0 unspecified atom stereocenters. The maximum absolute atomic E-state index is 6.01. The molecule has 1 aromatic heterocycles. The summed E-state index contributed by atoms with van der Waals surface area (Å²) in [6.45, 7) is 0.370. The van der Waals surface area contributed by atoms with Crippen molar-refractivity contribution >= 4 is 17.5 Å². The average molecular weight is 285 g/mol. The summed E-state index contributed by atoms with van der Waals surface area (Å²) in [7, 11) is 3.10. The molecule has 0 spiro atoms. The van der Waals surface area contributed by atoms with Crippen LogP contribution in [0.2, 0.25) is 5.02 Å². The summed E-state index contributed by atoms with van der Waals surface area (Å²) in [5.74, 6) is 1.30. The number of ether oxygens (including phenoxy) is 2. The Kier molecular flexibility index (Phi) is 3.91. The molecule has 2 rings (SSSR count). The molecule has 1 aromatic carbocycles. The summed E-state index contributed by atoms with van der Waals surface area (Å²) in [5.41, 5.74) is 9.26. The molecule has 0 saturated heterocycles. The quantitative estimate of drug-likeness (QED) is 0.832. The summed E-state index contributed by atoms with van der Waals surface area (Å²) in [4.78, 5) is 1.26. The zero-order chi connectivity index (χ0) is 13.8. The van der Waals surface area contributed by atoms with Crippen LogP contribution in [0.1, 0.15) is 5.56 Å². The summed E-state index contributed by atoms with van der Waals surface area (Å²) in [6, 6.07) is 3.44. The monoisotopic (exact) mass is 284 g/mol. The van der Waals surface area contributed by atoms with Crippen molar-refractivity contribution in [1.29, 1.82) is 0 Å². The number of benzene rings is 1. The van der Waals surface area contributed by atoms with E-state index in [1.165, 1.54) is 4.79 Å². The zero-order valence-corrected chi connectivity index (χ0v) is 11.2. The highest BCUT2D eigenvalue weighted by molar-refractivity contribution is 6.30. The number of hydrogen-bond acceptors (Lipinski definition) is 7. The molecule has 102 valence electrons. The number of nitrogen functional groups attached to an aromatic ring is 1. The highest BCUT2D eigenvalue weighted by atomic mass is 35.5. The van der Waals surface area contributed by atoms with Crippen LogP contribution in [0.15, 0.2) is 12.1 Å². The molecule has 0 amide bonds. The van der Waals surface area contributed by atoms with E-state index in [4.69, 9.17) is 26.8 Å². The van der Waals surface area contributed by atoms with Gasteiger partial charge in [-0.1, -0.05) is 16.7 Å². The molecule has 0 saturated carbocycles. The Hall–Kier alpha value is -2.22. The van der Waals surface area contributed by atoms with Gasteiger partial charge in [0, 0.05) is 16.7 Å². The predicted octanol–water partition coefficient (Wildman–Crippen LogP) is 0.670. The third kappa shape index (κ3) is 2.79. The number of rotatable bonds is 5. The highest BCUT2D eigenvalue weighted by Gasteiger charge is 2.12. The van der Waals surface area contributed by atoms with Crippen LogP contribution in [-0.2, 0) is 6.54 Å². The number of hydrogen-bond donors (Lipinski definition) is 2. The van der Waals surface area contributed by atoms with Crippen LogP contribution in [0, 0.1) is 0 Å². The first-order valence-corrected chi connectivity index (χ1v) is 5.71. The Morgan fingerprint density at radius 2 is 2.16 bits per heavy atom. The molecule has 2 aromatic rings. The van der Waals surface area contributed by atoms with Gasteiger partial charge in [0.15, 0.2) is 11.5 Å². The van der Waals surface area contributed by atoms with Crippen LogP contribution < -0.4 is 20.6 Å². The lowest BCUT2D eigenvalue weighted by Crippen LogP contribution is -2.18. The van der Waals surface area contributed by atoms with Crippen molar-refractivity contribution in [2.24, 2.45) is 0 Å². The first-order valence-electron chi connectivity index (χ1n) is 5.34. The Morgan fingerprint density at radius 1 is 1.37 bits per heavy atom. The van der Waals surface area contributed by atoms with Gasteiger partial charge in [-0.2, -0.15) is 0 Å². The van der Waals surface area contributed by atoms with Crippen molar-refractivity contribution in [2.75, 3.05) is 25.4 Å². The van der Waals surface area contributed by atoms with E-state index in [0.29, 0.717) is 23.1 Å². The molecule has 9 heteroatoms. The fourth-order valence-electron chi connectivity index (χ4n) is 1.60. The van der Waals surface area contributed by atoms with E-state index < -0.39 is 0 Å². The molecule has 19 heavy (non-hydrogen) atoms. The first-order chi connectivity index (χ1) is 9.15. The maximum Gasteiger partial charge on any atom is 0.260 e. The largest absolute Gasteiger partial charge is 0.493 e. The summed E-state index contributed by atoms with van der Waals surface area (Å²) < 4.78 is 10.5. The average Bonchev–Trinajstić information content (AvgIpc) is 2.81. The molecular weight excluding hydrogens is 272 g/mol. The third-order valence-electron chi connectivity index (χ3n) is 2.43. The molecule has 0 aliphatic rings. The van der Waals surface area contributed by atoms with E-state index in [2.05, 4.69) is 21.0 Å². The Labute approximate surface area is 114 Å². The predicted molar refractivity (Wildman–Crippen MR) is 69.9 cm³/mol. The lowest BCUT2D eigenvalue weighted by molar-refractivity contribution is 0.351. The Balaban J connectivity index is 2.24. The molecular formula is C10H13ClN6O2. The maximum atomic E-state index is 6.01. The summed E-state index contributed by atoms with van der Waals surface area (Å²) >= 11 is 6.01. The Bertz CT molecular complexity index is 573. The number of anilines is 1. The molecule has 3 N–H and O–H groups in total. The van der Waals surface area contributed by atoms with Gasteiger partial charge < -0.3 is 20.6 Å². The van der Waals surface area contributed by atoms with Crippen molar-refractivity contribution in [3.63, 3.8) is 0 Å². The van der Waals surface area contributed by atoms with Gasteiger partial charge in [-0.3, -0.25) is 0 Å². The van der Waals surface area contributed by atoms with Crippen molar-refractivity contribution in [2.45, 2.75) is 6.54 Å². The van der Waals surface area contributed by atoms with E-state index in [1.807, 2.05) is 0 Å². The van der Waals surface area contributed by atoms with E-state index >= 15 is 0 Å². The Morgan fingerprint density at radius 3 is 2.74 bits per heavy atom. The van der Waals surface area contributed by atoms with Gasteiger partial charge in [0.2, 0.25) is 0 Å². The van der Waals surface area contributed by atoms with E-state index in [9.17, 15) is 0 Å². The van der Waals surface area contributed by atoms with Crippen LogP contribution in [-0.4, -0.2) is 34.5 Å². The highest BCUT2D eigenvalue weighted by Crippen LogP contribution is 2.34. The molecule has 0 aliphatic carbocycles. The molecule has 0 bridgehead atoms. The third-order valence-corrected chi connectivity index (χ3v) is 2.65. The molecule has 0 aliphatic heterocycles. The molecule has 0 fully saturated rings. The van der Waals surface area contributed by atoms with Crippen LogP contribution in [0.3, 0.4) is 0 Å². The minimum absolute atomic E-state index is 0.160. The lowest BCUT2D eigenvalue weighted by Gasteiger charge is -2.14. The molecule has 1 heterocycles. The molecule has 0 radical (unpaired) electrons. The lowest BCUT2D eigenvalue weighted by atomic mass is 10.2. The SMILES string of the molecule is COc1cc(Cl)cc(CNn2nnnc2N)c1OC. The van der Waals surface area contributed by atoms with Crippen molar-refractivity contribution in [3.05, 3.63) is 22.7 Å². The number of halogens is 1. The summed E-state index contributed by atoms with van der Waals surface area (Å²) in [6.07, 6.45) is 0. The number of methoxy groups -OCH3 is 2. The normalized spacial score (nSPS) is 10.3. The fraction of sp³-hybridized carbons (Fsp3) is 0.300. The van der Waals surface area contributed by atoms with Crippen LogP contribution in [0.4, 0.5) is 5.95 Å². The van der Waals surface area contributed by atoms with E-state index in [-0.39, 0.29) is 5.95 Å². The van der Waals surface area contributed by atoms with Gasteiger partial charge in [-0.15, -0.1) is 4.79 Å². The van der Waals surface area contributed by atoms with Crippen molar-refractivity contribution < 1.29 is 9.47 Å². The second-order valence-corrected chi connectivity index (χ2v) is 4.02. The topological polar surface area (TPSA) is 100 Å². The number of nitrogens with two attached hydrogens (primary N) is 1. The number of nitrogens with one attached hydrogen (secondary N) is 1. The van der Waals surface area contributed by atoms with Gasteiger partial charge in [-0.25, -0.2) is 0 Å². The second-order valence-electron chi connectivity index (χ2n) is 3.58. The van der Waals surface area contributed by atoms with Crippen LogP contribution in [0.5, 0.6) is 11.5 Å². The van der Waals surface area contributed by atoms with Crippen LogP contribution >= 0.6 is 11.6 Å². The standard InChI is InChI=1S/C10H13ClN6O2/c1-18-8-4-7(11)3-6(9(8)19-2)5-13-17-10(12)14-15-16-17/h3-4,13H,5H2,1-2H3,(H2,12,14,16). The van der Waals surface area contributed by atoms with Crippen molar-refractivity contribution in [1.82, 2.24) is 20.3 Å². The van der Waals surface area contributed by atoms with Crippen LogP contribution in [0.25, 0.3) is 0 Å². The minimum atomic E-state index is 0.160. The van der Waals surface area contributed by atoms with Gasteiger partial charge in [-0.05, 0) is 16.5 Å². The number of tetrazole rings is 1. The molecule has 0 atom stereocenters. The summed E-state index contributed by atoms with van der Waals surface area (Å²) in [5, 5.41) is 11.2. The number of aromatic nitrogens is 4. The smallest absolute Gasteiger partial charge is 0.260 e. The van der Waals surface area contributed by atoms with Gasteiger partial charge in [0.1, 0.15) is 0 Å². The zero-order valence-electron chi connectivity index (χ0n) is 10.4. The number of nitrogens with zero attached hydrogens (tertiary/aromatic N) is 4. The van der Waals surface area contributed by atoms with Gasteiger partial charge >= 0.3 is 0 Å². The molecule has 8 nitrogen and oxygen atoms in total. The fourth-order valence-corrected chi connectivity index (χ4v) is 1.83. The van der Waals surface area contributed by atoms with E-state index in [1.54, 1.807) is 26.4 Å². The first kappa shape index (κ1) is 13.2. The van der Waals surface area contributed by atoms with Gasteiger partial charge in [0.25, 0.3) is 5.95 Å². The van der Waals surface area contributed by atoms with Gasteiger partial charge in [0.05, 0.1) is 20.8 Å². The second kappa shape index (κ2) is 5.61.